The van der Waals surface area contributed by atoms with Gasteiger partial charge in [-0.25, -0.2) is 4.98 Å². The molecule has 2 N–H and O–H groups in total. The molecular weight excluding hydrogens is 366 g/mol. The summed E-state index contributed by atoms with van der Waals surface area (Å²) >= 11 is 0. The Kier molecular flexibility index (Phi) is 7.16. The van der Waals surface area contributed by atoms with Gasteiger partial charge in [-0.2, -0.15) is 0 Å². The number of oxime groups is 1. The number of imidazole rings is 1. The molecule has 0 aliphatic heterocycles. The molecule has 0 saturated heterocycles. The van der Waals surface area contributed by atoms with E-state index in [4.69, 9.17) is 9.94 Å². The molecule has 1 unspecified atom stereocenters. The number of rotatable bonds is 11. The van der Waals surface area contributed by atoms with E-state index in [9.17, 15) is 4.79 Å². The summed E-state index contributed by atoms with van der Waals surface area (Å²) in [6.07, 6.45) is 7.35. The van der Waals surface area contributed by atoms with Crippen molar-refractivity contribution < 1.29 is 14.7 Å². The van der Waals surface area contributed by atoms with Crippen LogP contribution < -0.4 is 0 Å². The number of nitrogens with zero attached hydrogens (tertiary/aromatic N) is 2. The van der Waals surface area contributed by atoms with Gasteiger partial charge in [-0.1, -0.05) is 65.8 Å². The minimum Gasteiger partial charge on any atom is -0.481 e. The maximum absolute atomic E-state index is 10.6. The van der Waals surface area contributed by atoms with E-state index in [2.05, 4.69) is 39.4 Å². The molecule has 3 rings (SSSR count). The van der Waals surface area contributed by atoms with Gasteiger partial charge in [0, 0.05) is 18.8 Å². The van der Waals surface area contributed by atoms with Gasteiger partial charge >= 0.3 is 5.97 Å². The Morgan fingerprint density at radius 3 is 2.48 bits per heavy atom. The van der Waals surface area contributed by atoms with Crippen LogP contribution in [-0.4, -0.2) is 33.9 Å². The molecule has 0 amide bonds. The Hall–Kier alpha value is -3.41. The normalized spacial score (nSPS) is 13.2. The van der Waals surface area contributed by atoms with Crippen LogP contribution in [0, 0.1) is 0 Å². The average Bonchev–Trinajstić information content (AvgIpc) is 3.29. The van der Waals surface area contributed by atoms with Crippen LogP contribution in [0.3, 0.4) is 0 Å². The van der Waals surface area contributed by atoms with Crippen LogP contribution in [0.25, 0.3) is 0 Å². The number of carboxylic acid groups (broad SMARTS) is 1. The summed E-state index contributed by atoms with van der Waals surface area (Å²) in [6, 6.07) is 20.3. The second-order valence-corrected chi connectivity index (χ2v) is 6.86. The van der Waals surface area contributed by atoms with E-state index in [1.807, 2.05) is 36.4 Å². The molecule has 0 spiro atoms. The van der Waals surface area contributed by atoms with Gasteiger partial charge in [-0.3, -0.25) is 4.79 Å². The zero-order valence-electron chi connectivity index (χ0n) is 16.2. The number of unbranched alkanes of at least 4 members (excludes halogenated alkanes) is 1. The van der Waals surface area contributed by atoms with Crippen LogP contribution in [0.15, 0.2) is 78.2 Å². The van der Waals surface area contributed by atoms with Gasteiger partial charge in [0.15, 0.2) is 0 Å². The summed E-state index contributed by atoms with van der Waals surface area (Å²) in [7, 11) is 0. The number of hydrogen-bond donors (Lipinski definition) is 2. The van der Waals surface area contributed by atoms with Crippen LogP contribution in [0.5, 0.6) is 0 Å². The van der Waals surface area contributed by atoms with Gasteiger partial charge < -0.3 is 14.9 Å². The van der Waals surface area contributed by atoms with Crippen molar-refractivity contribution in [3.05, 3.63) is 90.0 Å². The molecule has 0 fully saturated rings. The van der Waals surface area contributed by atoms with Crippen molar-refractivity contribution in [3.8, 4) is 0 Å². The maximum atomic E-state index is 10.6. The zero-order chi connectivity index (χ0) is 20.4. The van der Waals surface area contributed by atoms with Gasteiger partial charge in [0.1, 0.15) is 12.4 Å². The monoisotopic (exact) mass is 391 g/mol. The summed E-state index contributed by atoms with van der Waals surface area (Å²) in [4.78, 5) is 23.9. The zero-order valence-corrected chi connectivity index (χ0v) is 16.2. The lowest BCUT2D eigenvalue weighted by atomic mass is 9.75. The lowest BCUT2D eigenvalue weighted by Gasteiger charge is -2.28. The quantitative estimate of drug-likeness (QED) is 0.291. The summed E-state index contributed by atoms with van der Waals surface area (Å²) < 4.78 is 0. The highest BCUT2D eigenvalue weighted by molar-refractivity contribution is 5.78. The summed E-state index contributed by atoms with van der Waals surface area (Å²) in [6.45, 7) is 0.373. The number of hydrogen-bond acceptors (Lipinski definition) is 4. The standard InChI is InChI=1S/C23H25N3O3/c27-21(28)13-7-8-16-29-26-18-23(22-24-14-15-25-22,20-11-5-2-6-12-20)17-19-9-3-1-4-10-19/h1-6,9-12,14-15,18H,7-8,13,16-17H2,(H,24,25)(H,27,28)/b26-18+. The minimum atomic E-state index is -0.794. The van der Waals surface area contributed by atoms with Gasteiger partial charge in [0.2, 0.25) is 0 Å². The highest BCUT2D eigenvalue weighted by atomic mass is 16.6. The van der Waals surface area contributed by atoms with E-state index in [0.717, 1.165) is 17.0 Å². The van der Waals surface area contributed by atoms with E-state index in [0.29, 0.717) is 25.9 Å². The Bertz CT molecular complexity index is 896. The van der Waals surface area contributed by atoms with Crippen LogP contribution in [0.4, 0.5) is 0 Å². The van der Waals surface area contributed by atoms with Gasteiger partial charge in [0.25, 0.3) is 0 Å². The fourth-order valence-corrected chi connectivity index (χ4v) is 3.29. The number of carboxylic acids is 1. The van der Waals surface area contributed by atoms with Crippen molar-refractivity contribution in [1.82, 2.24) is 9.97 Å². The average molecular weight is 391 g/mol. The molecule has 6 heteroatoms. The molecule has 1 heterocycles. The van der Waals surface area contributed by atoms with E-state index in [1.165, 1.54) is 0 Å². The van der Waals surface area contributed by atoms with Crippen molar-refractivity contribution in [3.63, 3.8) is 0 Å². The van der Waals surface area contributed by atoms with Gasteiger partial charge in [0.05, 0.1) is 11.6 Å². The molecule has 2 aromatic carbocycles. The predicted octanol–water partition coefficient (Wildman–Crippen LogP) is 4.20. The van der Waals surface area contributed by atoms with Crippen molar-refractivity contribution in [2.45, 2.75) is 31.1 Å². The van der Waals surface area contributed by atoms with Crippen LogP contribution in [-0.2, 0) is 21.5 Å². The summed E-state index contributed by atoms with van der Waals surface area (Å²) in [5.41, 5.74) is 1.59. The SMILES string of the molecule is O=C(O)CCCCO/N=C/C(Cc1ccccc1)(c1ccccc1)c1ncc[nH]1. The first-order valence-electron chi connectivity index (χ1n) is 9.68. The second kappa shape index (κ2) is 10.2. The third-order valence-electron chi connectivity index (χ3n) is 4.76. The smallest absolute Gasteiger partial charge is 0.303 e. The fraction of sp³-hybridized carbons (Fsp3) is 0.261. The largest absolute Gasteiger partial charge is 0.481 e. The Balaban J connectivity index is 1.86. The summed E-state index contributed by atoms with van der Waals surface area (Å²) in [5, 5.41) is 13.0. The Morgan fingerprint density at radius 1 is 1.10 bits per heavy atom. The Morgan fingerprint density at radius 2 is 1.83 bits per heavy atom. The van der Waals surface area contributed by atoms with E-state index in [1.54, 1.807) is 18.6 Å². The highest BCUT2D eigenvalue weighted by Gasteiger charge is 2.36. The van der Waals surface area contributed by atoms with E-state index >= 15 is 0 Å². The van der Waals surface area contributed by atoms with Crippen molar-refractivity contribution >= 4 is 12.2 Å². The molecule has 0 bridgehead atoms. The number of aliphatic carboxylic acids is 1. The molecule has 29 heavy (non-hydrogen) atoms. The number of nitrogens with one attached hydrogen (secondary N) is 1. The first-order valence-corrected chi connectivity index (χ1v) is 9.68. The molecule has 1 aromatic heterocycles. The van der Waals surface area contributed by atoms with Crippen molar-refractivity contribution in [1.29, 1.82) is 0 Å². The molecule has 1 atom stereocenters. The molecule has 0 aliphatic carbocycles. The third-order valence-corrected chi connectivity index (χ3v) is 4.76. The number of benzene rings is 2. The number of aromatic amines is 1. The molecule has 0 aliphatic rings. The molecule has 6 nitrogen and oxygen atoms in total. The number of H-pyrrole nitrogens is 1. The molecule has 0 radical (unpaired) electrons. The Labute approximate surface area is 170 Å². The highest BCUT2D eigenvalue weighted by Crippen LogP contribution is 2.32. The van der Waals surface area contributed by atoms with Crippen LogP contribution >= 0.6 is 0 Å². The van der Waals surface area contributed by atoms with E-state index in [-0.39, 0.29) is 6.42 Å². The third kappa shape index (κ3) is 5.54. The maximum Gasteiger partial charge on any atom is 0.303 e. The summed E-state index contributed by atoms with van der Waals surface area (Å²) in [5.74, 6) is -0.0111. The van der Waals surface area contributed by atoms with Crippen molar-refractivity contribution in [2.75, 3.05) is 6.61 Å². The predicted molar refractivity (Wildman–Crippen MR) is 112 cm³/mol. The molecule has 150 valence electrons. The first kappa shape index (κ1) is 20.3. The van der Waals surface area contributed by atoms with Crippen LogP contribution in [0.1, 0.15) is 36.2 Å². The van der Waals surface area contributed by atoms with E-state index < -0.39 is 11.4 Å². The molecule has 3 aromatic rings. The minimum absolute atomic E-state index is 0.140. The van der Waals surface area contributed by atoms with Gasteiger partial charge in [-0.05, 0) is 30.4 Å². The second-order valence-electron chi connectivity index (χ2n) is 6.86. The lowest BCUT2D eigenvalue weighted by Crippen LogP contribution is -2.34. The number of carbonyl (C=O) groups is 1. The first-order chi connectivity index (χ1) is 14.2. The van der Waals surface area contributed by atoms with Crippen LogP contribution in [0.2, 0.25) is 0 Å². The molecular formula is C23H25N3O3. The molecule has 0 saturated carbocycles. The lowest BCUT2D eigenvalue weighted by molar-refractivity contribution is -0.137. The fourth-order valence-electron chi connectivity index (χ4n) is 3.29. The number of aromatic nitrogens is 2. The van der Waals surface area contributed by atoms with Crippen molar-refractivity contribution in [2.24, 2.45) is 5.16 Å². The van der Waals surface area contributed by atoms with Gasteiger partial charge in [-0.15, -0.1) is 0 Å². The topological polar surface area (TPSA) is 87.6 Å².